The average Bonchev–Trinajstić information content (AvgIpc) is 2.91. The van der Waals surface area contributed by atoms with E-state index in [1.807, 2.05) is 35.2 Å². The summed E-state index contributed by atoms with van der Waals surface area (Å²) in [5.41, 5.74) is -2.06. The Hall–Kier alpha value is -3.12. The van der Waals surface area contributed by atoms with Gasteiger partial charge in [0.05, 0.1) is 30.4 Å². The highest BCUT2D eigenvalue weighted by molar-refractivity contribution is 5.79. The van der Waals surface area contributed by atoms with E-state index < -0.39 is 36.2 Å². The maximum atomic E-state index is 13.3. The number of piperazine rings is 1. The molecule has 0 aromatic heterocycles. The third-order valence-corrected chi connectivity index (χ3v) is 7.41. The van der Waals surface area contributed by atoms with Gasteiger partial charge in [-0.2, -0.15) is 26.3 Å². The van der Waals surface area contributed by atoms with Crippen LogP contribution in [-0.4, -0.2) is 78.4 Å². The first-order valence-electron chi connectivity index (χ1n) is 13.0. The fourth-order valence-electron chi connectivity index (χ4n) is 5.23. The zero-order valence-corrected chi connectivity index (χ0v) is 22.0. The highest BCUT2D eigenvalue weighted by Gasteiger charge is 2.38. The Morgan fingerprint density at radius 1 is 0.850 bits per heavy atom. The minimum atomic E-state index is -4.93. The molecule has 2 aliphatic heterocycles. The molecule has 0 spiro atoms. The molecule has 2 amide bonds. The van der Waals surface area contributed by atoms with Crippen molar-refractivity contribution in [2.75, 3.05) is 45.8 Å². The molecule has 2 heterocycles. The SMILES string of the molecule is CC(=O)N1CCN(C(=O)CN2CCC(OCc3cc(C(F)(F)F)cc(C(F)(F)F)c3)C(c3ccccc3)C2)CC1. The van der Waals surface area contributed by atoms with E-state index in [1.165, 1.54) is 6.92 Å². The Morgan fingerprint density at radius 2 is 1.43 bits per heavy atom. The third kappa shape index (κ3) is 7.54. The van der Waals surface area contributed by atoms with Gasteiger partial charge in [0, 0.05) is 52.1 Å². The molecule has 2 unspecified atom stereocenters. The molecule has 2 aromatic rings. The minimum Gasteiger partial charge on any atom is -0.373 e. The lowest BCUT2D eigenvalue weighted by Gasteiger charge is -2.40. The van der Waals surface area contributed by atoms with Gasteiger partial charge < -0.3 is 14.5 Å². The van der Waals surface area contributed by atoms with Crippen molar-refractivity contribution in [3.63, 3.8) is 0 Å². The van der Waals surface area contributed by atoms with E-state index in [-0.39, 0.29) is 35.9 Å². The van der Waals surface area contributed by atoms with Gasteiger partial charge in [-0.05, 0) is 35.7 Å². The second-order valence-corrected chi connectivity index (χ2v) is 10.2. The van der Waals surface area contributed by atoms with Gasteiger partial charge in [-0.1, -0.05) is 30.3 Å². The molecule has 0 aliphatic carbocycles. The minimum absolute atomic E-state index is 0.0281. The summed E-state index contributed by atoms with van der Waals surface area (Å²) in [5.74, 6) is -0.331. The van der Waals surface area contributed by atoms with Gasteiger partial charge in [-0.15, -0.1) is 0 Å². The van der Waals surface area contributed by atoms with Gasteiger partial charge in [0.1, 0.15) is 0 Å². The normalized spacial score (nSPS) is 21.0. The lowest BCUT2D eigenvalue weighted by molar-refractivity contribution is -0.143. The van der Waals surface area contributed by atoms with Crippen LogP contribution in [0.1, 0.15) is 41.5 Å². The Morgan fingerprint density at radius 3 is 1.98 bits per heavy atom. The number of amides is 2. The summed E-state index contributed by atoms with van der Waals surface area (Å²) in [4.78, 5) is 29.9. The van der Waals surface area contributed by atoms with Crippen LogP contribution in [0.15, 0.2) is 48.5 Å². The van der Waals surface area contributed by atoms with Crippen LogP contribution in [0.4, 0.5) is 26.3 Å². The average molecular weight is 572 g/mol. The quantitative estimate of drug-likeness (QED) is 0.468. The van der Waals surface area contributed by atoms with Gasteiger partial charge in [0.25, 0.3) is 0 Å². The van der Waals surface area contributed by atoms with Crippen LogP contribution in [0.2, 0.25) is 0 Å². The van der Waals surface area contributed by atoms with Crippen molar-refractivity contribution < 1.29 is 40.7 Å². The van der Waals surface area contributed by atoms with Gasteiger partial charge in [-0.3, -0.25) is 14.5 Å². The van der Waals surface area contributed by atoms with Gasteiger partial charge in [-0.25, -0.2) is 0 Å². The predicted molar refractivity (Wildman–Crippen MR) is 134 cm³/mol. The summed E-state index contributed by atoms with van der Waals surface area (Å²) in [5, 5.41) is 0. The number of hydrogen-bond acceptors (Lipinski definition) is 4. The molecule has 0 N–H and O–H groups in total. The lowest BCUT2D eigenvalue weighted by atomic mass is 9.87. The van der Waals surface area contributed by atoms with E-state index in [0.29, 0.717) is 57.8 Å². The van der Waals surface area contributed by atoms with E-state index >= 15 is 0 Å². The van der Waals surface area contributed by atoms with Crippen molar-refractivity contribution in [1.29, 1.82) is 0 Å². The summed E-state index contributed by atoms with van der Waals surface area (Å²) < 4.78 is 85.7. The number of ether oxygens (including phenoxy) is 1. The van der Waals surface area contributed by atoms with Gasteiger partial charge in [0.2, 0.25) is 11.8 Å². The van der Waals surface area contributed by atoms with Crippen molar-refractivity contribution in [3.05, 3.63) is 70.8 Å². The van der Waals surface area contributed by atoms with Crippen molar-refractivity contribution in [3.8, 4) is 0 Å². The van der Waals surface area contributed by atoms with Crippen LogP contribution in [0.25, 0.3) is 0 Å². The Kier molecular flexibility index (Phi) is 9.09. The third-order valence-electron chi connectivity index (χ3n) is 7.41. The fourth-order valence-corrected chi connectivity index (χ4v) is 5.23. The van der Waals surface area contributed by atoms with E-state index in [2.05, 4.69) is 0 Å². The molecule has 2 saturated heterocycles. The number of nitrogens with zero attached hydrogens (tertiary/aromatic N) is 3. The number of likely N-dealkylation sites (tertiary alicyclic amines) is 1. The monoisotopic (exact) mass is 571 g/mol. The van der Waals surface area contributed by atoms with Gasteiger partial charge >= 0.3 is 12.4 Å². The lowest BCUT2D eigenvalue weighted by Crippen LogP contribution is -2.53. The number of piperidine rings is 1. The van der Waals surface area contributed by atoms with Crippen LogP contribution in [0, 0.1) is 0 Å². The number of rotatable bonds is 6. The Labute approximate surface area is 228 Å². The fraction of sp³-hybridized carbons (Fsp3) is 0.500. The molecular weight excluding hydrogens is 540 g/mol. The molecule has 2 atom stereocenters. The molecule has 12 heteroatoms. The van der Waals surface area contributed by atoms with Crippen LogP contribution >= 0.6 is 0 Å². The second kappa shape index (κ2) is 12.2. The van der Waals surface area contributed by atoms with Gasteiger partial charge in [0.15, 0.2) is 0 Å². The first kappa shape index (κ1) is 29.9. The number of benzene rings is 2. The number of carbonyl (C=O) groups is 2. The molecule has 0 bridgehead atoms. The largest absolute Gasteiger partial charge is 0.416 e. The molecular formula is C28H31F6N3O3. The maximum absolute atomic E-state index is 13.3. The summed E-state index contributed by atoms with van der Waals surface area (Å²) >= 11 is 0. The van der Waals surface area contributed by atoms with Crippen LogP contribution in [0.5, 0.6) is 0 Å². The zero-order valence-electron chi connectivity index (χ0n) is 22.0. The van der Waals surface area contributed by atoms with E-state index in [1.54, 1.807) is 9.80 Å². The maximum Gasteiger partial charge on any atom is 0.416 e. The Balaban J connectivity index is 1.45. The van der Waals surface area contributed by atoms with Crippen LogP contribution in [-0.2, 0) is 33.3 Å². The molecule has 40 heavy (non-hydrogen) atoms. The highest BCUT2D eigenvalue weighted by Crippen LogP contribution is 2.37. The van der Waals surface area contributed by atoms with E-state index in [0.717, 1.165) is 5.56 Å². The number of halogens is 6. The smallest absolute Gasteiger partial charge is 0.373 e. The van der Waals surface area contributed by atoms with Crippen molar-refractivity contribution in [2.45, 2.75) is 44.3 Å². The number of hydrogen-bond donors (Lipinski definition) is 0. The summed E-state index contributed by atoms with van der Waals surface area (Å²) in [6, 6.07) is 10.8. The summed E-state index contributed by atoms with van der Waals surface area (Å²) in [6.07, 6.45) is -9.90. The number of alkyl halides is 6. The van der Waals surface area contributed by atoms with Crippen LogP contribution < -0.4 is 0 Å². The van der Waals surface area contributed by atoms with Crippen molar-refractivity contribution >= 4 is 11.8 Å². The van der Waals surface area contributed by atoms with E-state index in [9.17, 15) is 35.9 Å². The van der Waals surface area contributed by atoms with E-state index in [4.69, 9.17) is 4.74 Å². The first-order chi connectivity index (χ1) is 18.8. The molecule has 0 saturated carbocycles. The molecule has 2 aliphatic rings. The van der Waals surface area contributed by atoms with Crippen molar-refractivity contribution in [1.82, 2.24) is 14.7 Å². The molecule has 218 valence electrons. The summed E-state index contributed by atoms with van der Waals surface area (Å²) in [7, 11) is 0. The summed E-state index contributed by atoms with van der Waals surface area (Å²) in [6.45, 7) is 4.03. The molecule has 0 radical (unpaired) electrons. The molecule has 2 aromatic carbocycles. The predicted octanol–water partition coefficient (Wildman–Crippen LogP) is 4.79. The zero-order chi connectivity index (χ0) is 29.1. The topological polar surface area (TPSA) is 53.1 Å². The standard InChI is InChI=1S/C28H31F6N3O3/c1-19(38)36-9-11-37(12-10-36)26(39)17-35-8-7-25(24(16-35)21-5-3-2-4-6-21)40-18-20-13-22(27(29,30)31)15-23(14-20)28(32,33)34/h2-6,13-15,24-25H,7-12,16-18H2,1H3. The highest BCUT2D eigenvalue weighted by atomic mass is 19.4. The van der Waals surface area contributed by atoms with Crippen molar-refractivity contribution in [2.24, 2.45) is 0 Å². The Bertz CT molecular complexity index is 1150. The molecule has 2 fully saturated rings. The van der Waals surface area contributed by atoms with Crippen LogP contribution in [0.3, 0.4) is 0 Å². The first-order valence-corrected chi connectivity index (χ1v) is 13.0. The molecule has 4 rings (SSSR count). The molecule has 6 nitrogen and oxygen atoms in total. The number of carbonyl (C=O) groups excluding carboxylic acids is 2. The second-order valence-electron chi connectivity index (χ2n) is 10.2.